The minimum Gasteiger partial charge on any atom is -0.338 e. The second-order valence-electron chi connectivity index (χ2n) is 5.33. The van der Waals surface area contributed by atoms with Crippen molar-refractivity contribution in [3.63, 3.8) is 0 Å². The van der Waals surface area contributed by atoms with Gasteiger partial charge < -0.3 is 4.90 Å². The molecule has 1 saturated heterocycles. The van der Waals surface area contributed by atoms with Gasteiger partial charge in [0.2, 0.25) is 15.9 Å². The molecule has 1 heterocycles. The van der Waals surface area contributed by atoms with Crippen molar-refractivity contribution in [1.82, 2.24) is 9.62 Å². The lowest BCUT2D eigenvalue weighted by molar-refractivity contribution is -0.128. The number of benzene rings is 1. The molecule has 1 amide bonds. The average Bonchev–Trinajstić information content (AvgIpc) is 2.83. The quantitative estimate of drug-likeness (QED) is 0.832. The van der Waals surface area contributed by atoms with Crippen LogP contribution >= 0.6 is 0 Å². The SMILES string of the molecule is CCCS(=O)(=O)NCc1ccccc1CN1CCCC1=O. The number of carbonyl (C=O) groups is 1. The summed E-state index contributed by atoms with van der Waals surface area (Å²) in [5.74, 6) is 0.316. The van der Waals surface area contributed by atoms with Crippen LogP contribution in [0.4, 0.5) is 0 Å². The van der Waals surface area contributed by atoms with E-state index in [2.05, 4.69) is 4.72 Å². The van der Waals surface area contributed by atoms with Gasteiger partial charge in [-0.3, -0.25) is 4.79 Å². The second-order valence-corrected chi connectivity index (χ2v) is 7.25. The van der Waals surface area contributed by atoms with Crippen LogP contribution in [0.3, 0.4) is 0 Å². The highest BCUT2D eigenvalue weighted by molar-refractivity contribution is 7.89. The first-order valence-corrected chi connectivity index (χ1v) is 8.99. The first kappa shape index (κ1) is 16.0. The van der Waals surface area contributed by atoms with Crippen molar-refractivity contribution in [2.75, 3.05) is 12.3 Å². The average molecular weight is 310 g/mol. The summed E-state index contributed by atoms with van der Waals surface area (Å²) in [5, 5.41) is 0. The number of carbonyl (C=O) groups excluding carboxylic acids is 1. The molecule has 1 N–H and O–H groups in total. The largest absolute Gasteiger partial charge is 0.338 e. The summed E-state index contributed by atoms with van der Waals surface area (Å²) in [7, 11) is -3.22. The third-order valence-corrected chi connectivity index (χ3v) is 5.14. The maximum atomic E-state index is 11.7. The minimum absolute atomic E-state index is 0.139. The molecule has 6 heteroatoms. The summed E-state index contributed by atoms with van der Waals surface area (Å²) in [6, 6.07) is 7.66. The number of hydrogen-bond donors (Lipinski definition) is 1. The third kappa shape index (κ3) is 4.54. The number of nitrogens with one attached hydrogen (secondary N) is 1. The Morgan fingerprint density at radius 1 is 1.24 bits per heavy atom. The first-order valence-electron chi connectivity index (χ1n) is 7.33. The molecule has 2 rings (SSSR count). The van der Waals surface area contributed by atoms with E-state index in [1.165, 1.54) is 0 Å². The highest BCUT2D eigenvalue weighted by Crippen LogP contribution is 2.17. The van der Waals surface area contributed by atoms with Crippen LogP contribution < -0.4 is 4.72 Å². The monoisotopic (exact) mass is 310 g/mol. The number of rotatable bonds is 7. The van der Waals surface area contributed by atoms with E-state index in [1.54, 1.807) is 0 Å². The molecule has 1 aromatic rings. The van der Waals surface area contributed by atoms with Gasteiger partial charge in [-0.25, -0.2) is 13.1 Å². The minimum atomic E-state index is -3.22. The maximum Gasteiger partial charge on any atom is 0.222 e. The van der Waals surface area contributed by atoms with Crippen LogP contribution in [0.1, 0.15) is 37.3 Å². The van der Waals surface area contributed by atoms with Crippen molar-refractivity contribution in [3.05, 3.63) is 35.4 Å². The van der Waals surface area contributed by atoms with Gasteiger partial charge >= 0.3 is 0 Å². The van der Waals surface area contributed by atoms with Crippen molar-refractivity contribution in [2.24, 2.45) is 0 Å². The fourth-order valence-electron chi connectivity index (χ4n) is 2.49. The number of likely N-dealkylation sites (tertiary alicyclic amines) is 1. The highest BCUT2D eigenvalue weighted by Gasteiger charge is 2.21. The third-order valence-electron chi connectivity index (χ3n) is 3.61. The van der Waals surface area contributed by atoms with E-state index in [0.29, 0.717) is 19.4 Å². The number of hydrogen-bond acceptors (Lipinski definition) is 3. The lowest BCUT2D eigenvalue weighted by Crippen LogP contribution is -2.28. The fourth-order valence-corrected chi connectivity index (χ4v) is 3.55. The summed E-state index contributed by atoms with van der Waals surface area (Å²) in [6.45, 7) is 3.46. The standard InChI is InChI=1S/C15H22N2O3S/c1-2-10-21(19,20)16-11-13-6-3-4-7-14(13)12-17-9-5-8-15(17)18/h3-4,6-7,16H,2,5,8-12H2,1H3. The zero-order chi connectivity index (χ0) is 15.3. The van der Waals surface area contributed by atoms with Crippen molar-refractivity contribution in [3.8, 4) is 0 Å². The molecule has 116 valence electrons. The summed E-state index contributed by atoms with van der Waals surface area (Å²) in [4.78, 5) is 13.5. The predicted molar refractivity (Wildman–Crippen MR) is 82.0 cm³/mol. The Kier molecular flexibility index (Phi) is 5.36. The van der Waals surface area contributed by atoms with Crippen molar-refractivity contribution < 1.29 is 13.2 Å². The Labute approximate surface area is 126 Å². The molecule has 5 nitrogen and oxygen atoms in total. The van der Waals surface area contributed by atoms with Crippen LogP contribution in [0.2, 0.25) is 0 Å². The van der Waals surface area contributed by atoms with Crippen LogP contribution in [-0.4, -0.2) is 31.5 Å². The Morgan fingerprint density at radius 3 is 2.57 bits per heavy atom. The molecule has 0 unspecified atom stereocenters. The summed E-state index contributed by atoms with van der Waals surface area (Å²) in [6.07, 6.45) is 2.12. The molecule has 21 heavy (non-hydrogen) atoms. The Hall–Kier alpha value is -1.40. The molecule has 0 radical (unpaired) electrons. The topological polar surface area (TPSA) is 66.5 Å². The molecular weight excluding hydrogens is 288 g/mol. The Bertz CT molecular complexity index is 599. The molecule has 1 aliphatic rings. The first-order chi connectivity index (χ1) is 10.0. The van der Waals surface area contributed by atoms with Crippen molar-refractivity contribution in [2.45, 2.75) is 39.3 Å². The zero-order valence-corrected chi connectivity index (χ0v) is 13.2. The second kappa shape index (κ2) is 7.04. The lowest BCUT2D eigenvalue weighted by Gasteiger charge is -2.18. The van der Waals surface area contributed by atoms with Gasteiger partial charge in [-0.15, -0.1) is 0 Å². The van der Waals surface area contributed by atoms with Gasteiger partial charge in [-0.05, 0) is 24.0 Å². The smallest absolute Gasteiger partial charge is 0.222 e. The predicted octanol–water partition coefficient (Wildman–Crippen LogP) is 1.64. The van der Waals surface area contributed by atoms with E-state index in [0.717, 1.165) is 24.1 Å². The van der Waals surface area contributed by atoms with E-state index in [1.807, 2.05) is 36.1 Å². The molecule has 0 bridgehead atoms. The molecule has 0 saturated carbocycles. The van der Waals surface area contributed by atoms with E-state index in [9.17, 15) is 13.2 Å². The molecule has 0 aliphatic carbocycles. The van der Waals surface area contributed by atoms with Gasteiger partial charge in [0.25, 0.3) is 0 Å². The van der Waals surface area contributed by atoms with Crippen LogP contribution in [-0.2, 0) is 27.9 Å². The molecule has 1 fully saturated rings. The van der Waals surface area contributed by atoms with Crippen LogP contribution in [0.15, 0.2) is 24.3 Å². The zero-order valence-electron chi connectivity index (χ0n) is 12.3. The molecular formula is C15H22N2O3S. The van der Waals surface area contributed by atoms with Gasteiger partial charge in [0.05, 0.1) is 5.75 Å². The molecule has 0 aromatic heterocycles. The van der Waals surface area contributed by atoms with E-state index in [-0.39, 0.29) is 18.2 Å². The van der Waals surface area contributed by atoms with Gasteiger partial charge in [0.15, 0.2) is 0 Å². The normalized spacial score (nSPS) is 15.7. The number of amides is 1. The molecule has 0 spiro atoms. The molecule has 1 aromatic carbocycles. The summed E-state index contributed by atoms with van der Waals surface area (Å²) in [5.41, 5.74) is 1.93. The van der Waals surface area contributed by atoms with Gasteiger partial charge in [-0.2, -0.15) is 0 Å². The van der Waals surface area contributed by atoms with E-state index < -0.39 is 10.0 Å². The number of nitrogens with zero attached hydrogens (tertiary/aromatic N) is 1. The summed E-state index contributed by atoms with van der Waals surface area (Å²) < 4.78 is 26.1. The fraction of sp³-hybridized carbons (Fsp3) is 0.533. The van der Waals surface area contributed by atoms with Gasteiger partial charge in [0.1, 0.15) is 0 Å². The molecule has 1 aliphatic heterocycles. The molecule has 0 atom stereocenters. The lowest BCUT2D eigenvalue weighted by atomic mass is 10.1. The Balaban J connectivity index is 2.05. The van der Waals surface area contributed by atoms with E-state index in [4.69, 9.17) is 0 Å². The Morgan fingerprint density at radius 2 is 1.95 bits per heavy atom. The van der Waals surface area contributed by atoms with Gasteiger partial charge in [-0.1, -0.05) is 31.2 Å². The van der Waals surface area contributed by atoms with Crippen LogP contribution in [0, 0.1) is 0 Å². The maximum absolute atomic E-state index is 11.7. The van der Waals surface area contributed by atoms with Crippen LogP contribution in [0.25, 0.3) is 0 Å². The summed E-state index contributed by atoms with van der Waals surface area (Å²) >= 11 is 0. The number of sulfonamides is 1. The van der Waals surface area contributed by atoms with E-state index >= 15 is 0 Å². The van der Waals surface area contributed by atoms with Crippen LogP contribution in [0.5, 0.6) is 0 Å². The van der Waals surface area contributed by atoms with Crippen molar-refractivity contribution in [1.29, 1.82) is 0 Å². The van der Waals surface area contributed by atoms with Crippen molar-refractivity contribution >= 4 is 15.9 Å². The highest BCUT2D eigenvalue weighted by atomic mass is 32.2. The van der Waals surface area contributed by atoms with Gasteiger partial charge in [0, 0.05) is 26.1 Å².